The first-order valence-electron chi connectivity index (χ1n) is 6.18. The van der Waals surface area contributed by atoms with Gasteiger partial charge in [0.05, 0.1) is 0 Å². The van der Waals surface area contributed by atoms with E-state index in [2.05, 4.69) is 0 Å². The van der Waals surface area contributed by atoms with Gasteiger partial charge in [-0.1, -0.05) is 11.6 Å². The van der Waals surface area contributed by atoms with Gasteiger partial charge in [-0.2, -0.15) is 0 Å². The van der Waals surface area contributed by atoms with Crippen LogP contribution in [-0.2, 0) is 4.79 Å². The third kappa shape index (κ3) is 2.13. The monoisotopic (exact) mass is 265 g/mol. The first-order valence-corrected chi connectivity index (χ1v) is 6.56. The van der Waals surface area contributed by atoms with Crippen molar-refractivity contribution in [1.82, 2.24) is 0 Å². The van der Waals surface area contributed by atoms with Crippen molar-refractivity contribution in [2.24, 2.45) is 11.1 Å². The summed E-state index contributed by atoms with van der Waals surface area (Å²) in [7, 11) is 0. The van der Waals surface area contributed by atoms with E-state index in [4.69, 9.17) is 22.1 Å². The lowest BCUT2D eigenvalue weighted by Crippen LogP contribution is -2.72. The summed E-state index contributed by atoms with van der Waals surface area (Å²) in [6.45, 7) is 0.140. The summed E-state index contributed by atoms with van der Waals surface area (Å²) < 4.78 is 5.44. The van der Waals surface area contributed by atoms with E-state index in [1.807, 2.05) is 0 Å². The van der Waals surface area contributed by atoms with E-state index in [1.165, 1.54) is 0 Å². The molecule has 3 saturated carbocycles. The number of rotatable bonds is 5. The molecule has 3 fully saturated rings. The zero-order valence-corrected chi connectivity index (χ0v) is 10.9. The van der Waals surface area contributed by atoms with E-state index in [-0.39, 0.29) is 23.3 Å². The van der Waals surface area contributed by atoms with Crippen molar-refractivity contribution in [2.75, 3.05) is 6.61 Å². The van der Waals surface area contributed by atoms with E-state index >= 15 is 0 Å². The van der Waals surface area contributed by atoms with Gasteiger partial charge < -0.3 is 10.5 Å². The van der Waals surface area contributed by atoms with Gasteiger partial charge in [-0.15, -0.1) is 0 Å². The molecule has 0 aliphatic heterocycles. The van der Waals surface area contributed by atoms with Gasteiger partial charge in [0.15, 0.2) is 5.78 Å². The number of ether oxygens (including phenoxy) is 1. The van der Waals surface area contributed by atoms with Crippen LogP contribution in [0.15, 0.2) is 24.3 Å². The molecule has 1 aromatic rings. The number of Topliss-reactive ketones (excluding diaryl/α,β-unsaturated/α-hetero) is 1. The Balaban J connectivity index is 1.46. The van der Waals surface area contributed by atoms with Crippen molar-refractivity contribution in [1.29, 1.82) is 0 Å². The quantitative estimate of drug-likeness (QED) is 0.890. The van der Waals surface area contributed by atoms with Crippen LogP contribution in [-0.4, -0.2) is 17.9 Å². The minimum Gasteiger partial charge on any atom is -0.486 e. The van der Waals surface area contributed by atoms with Crippen molar-refractivity contribution in [2.45, 2.75) is 31.2 Å². The topological polar surface area (TPSA) is 52.3 Å². The fourth-order valence-corrected chi connectivity index (χ4v) is 3.56. The lowest BCUT2D eigenvalue weighted by Gasteiger charge is -2.69. The standard InChI is InChI=1S/C14H16ClNO2/c15-10-1-3-12(4-2-10)18-6-11(17)5-13-7-14(16,8-13)9-13/h1-4H,5-9,16H2. The van der Waals surface area contributed by atoms with Crippen LogP contribution in [0.1, 0.15) is 25.7 Å². The summed E-state index contributed by atoms with van der Waals surface area (Å²) in [5.74, 6) is 0.840. The number of ketones is 1. The molecule has 3 aliphatic rings. The average molecular weight is 266 g/mol. The lowest BCUT2D eigenvalue weighted by molar-refractivity contribution is -0.153. The Bertz CT molecular complexity index is 463. The Kier molecular flexibility index (Phi) is 2.65. The van der Waals surface area contributed by atoms with E-state index in [1.54, 1.807) is 24.3 Å². The molecule has 4 rings (SSSR count). The number of carbonyl (C=O) groups excluding carboxylic acids is 1. The van der Waals surface area contributed by atoms with Crippen LogP contribution in [0.3, 0.4) is 0 Å². The van der Waals surface area contributed by atoms with E-state index < -0.39 is 0 Å². The maximum atomic E-state index is 11.8. The highest BCUT2D eigenvalue weighted by Crippen LogP contribution is 2.67. The van der Waals surface area contributed by atoms with Crippen LogP contribution < -0.4 is 10.5 Å². The number of benzene rings is 1. The van der Waals surface area contributed by atoms with Crippen LogP contribution in [0.25, 0.3) is 0 Å². The zero-order chi connectivity index (χ0) is 12.8. The Morgan fingerprint density at radius 3 is 2.44 bits per heavy atom. The van der Waals surface area contributed by atoms with Gasteiger partial charge in [0.2, 0.25) is 0 Å². The second kappa shape index (κ2) is 3.97. The lowest BCUT2D eigenvalue weighted by atomic mass is 9.38. The van der Waals surface area contributed by atoms with Crippen molar-refractivity contribution in [3.63, 3.8) is 0 Å². The van der Waals surface area contributed by atoms with Crippen LogP contribution in [0.5, 0.6) is 5.75 Å². The normalized spacial score (nSPS) is 32.3. The molecule has 4 heteroatoms. The molecule has 2 bridgehead atoms. The minimum absolute atomic E-state index is 0.0668. The minimum atomic E-state index is 0.0668. The molecular weight excluding hydrogens is 250 g/mol. The van der Waals surface area contributed by atoms with Crippen molar-refractivity contribution < 1.29 is 9.53 Å². The Labute approximate surface area is 111 Å². The maximum Gasteiger partial charge on any atom is 0.170 e. The van der Waals surface area contributed by atoms with Crippen LogP contribution >= 0.6 is 11.6 Å². The van der Waals surface area contributed by atoms with Crippen LogP contribution in [0.4, 0.5) is 0 Å². The van der Waals surface area contributed by atoms with E-state index in [0.717, 1.165) is 19.3 Å². The molecule has 3 aliphatic carbocycles. The molecule has 0 radical (unpaired) electrons. The molecule has 96 valence electrons. The molecule has 0 saturated heterocycles. The number of carbonyl (C=O) groups is 1. The summed E-state index contributed by atoms with van der Waals surface area (Å²) in [4.78, 5) is 11.8. The first kappa shape index (κ1) is 12.0. The van der Waals surface area contributed by atoms with Gasteiger partial charge in [-0.25, -0.2) is 0 Å². The van der Waals surface area contributed by atoms with Crippen molar-refractivity contribution in [3.8, 4) is 5.75 Å². The molecule has 0 amide bonds. The van der Waals surface area contributed by atoms with E-state index in [9.17, 15) is 4.79 Å². The molecule has 2 N–H and O–H groups in total. The van der Waals surface area contributed by atoms with Gasteiger partial charge in [-0.3, -0.25) is 4.79 Å². The number of halogens is 1. The molecule has 0 heterocycles. The van der Waals surface area contributed by atoms with Gasteiger partial charge in [0.1, 0.15) is 12.4 Å². The fourth-order valence-electron chi connectivity index (χ4n) is 3.44. The maximum absolute atomic E-state index is 11.8. The Hall–Kier alpha value is -1.06. The Morgan fingerprint density at radius 2 is 1.89 bits per heavy atom. The summed E-state index contributed by atoms with van der Waals surface area (Å²) in [5.41, 5.74) is 6.26. The fraction of sp³-hybridized carbons (Fsp3) is 0.500. The molecule has 0 spiro atoms. The molecule has 0 unspecified atom stereocenters. The summed E-state index contributed by atoms with van der Waals surface area (Å²) in [6.07, 6.45) is 3.63. The molecule has 1 aromatic carbocycles. The molecule has 18 heavy (non-hydrogen) atoms. The van der Waals surface area contributed by atoms with Crippen LogP contribution in [0.2, 0.25) is 5.02 Å². The second-order valence-corrected chi connectivity index (χ2v) is 6.29. The van der Waals surface area contributed by atoms with Crippen molar-refractivity contribution >= 4 is 17.4 Å². The third-order valence-electron chi connectivity index (χ3n) is 3.97. The van der Waals surface area contributed by atoms with Gasteiger partial charge in [0, 0.05) is 17.0 Å². The summed E-state index contributed by atoms with van der Waals surface area (Å²) in [6, 6.07) is 7.04. The summed E-state index contributed by atoms with van der Waals surface area (Å²) >= 11 is 5.77. The highest BCUT2D eigenvalue weighted by atomic mass is 35.5. The third-order valence-corrected chi connectivity index (χ3v) is 4.22. The number of hydrogen-bond donors (Lipinski definition) is 1. The number of hydrogen-bond acceptors (Lipinski definition) is 3. The Morgan fingerprint density at radius 1 is 1.28 bits per heavy atom. The van der Waals surface area contributed by atoms with Gasteiger partial charge in [-0.05, 0) is 48.9 Å². The predicted octanol–water partition coefficient (Wildman–Crippen LogP) is 2.56. The van der Waals surface area contributed by atoms with E-state index in [0.29, 0.717) is 17.2 Å². The largest absolute Gasteiger partial charge is 0.486 e. The van der Waals surface area contributed by atoms with Gasteiger partial charge >= 0.3 is 0 Å². The molecule has 0 atom stereocenters. The second-order valence-electron chi connectivity index (χ2n) is 5.85. The summed E-state index contributed by atoms with van der Waals surface area (Å²) in [5, 5.41) is 0.663. The first-order chi connectivity index (χ1) is 8.49. The average Bonchev–Trinajstić information content (AvgIpc) is 2.25. The zero-order valence-electron chi connectivity index (χ0n) is 10.1. The molecular formula is C14H16ClNO2. The molecule has 0 aromatic heterocycles. The smallest absolute Gasteiger partial charge is 0.170 e. The van der Waals surface area contributed by atoms with Gasteiger partial charge in [0.25, 0.3) is 0 Å². The SMILES string of the molecule is NC12CC(CC(=O)COc3ccc(Cl)cc3)(C1)C2. The highest BCUT2D eigenvalue weighted by Gasteiger charge is 2.65. The number of nitrogens with two attached hydrogens (primary N) is 1. The van der Waals surface area contributed by atoms with Crippen LogP contribution in [0, 0.1) is 5.41 Å². The van der Waals surface area contributed by atoms with Crippen molar-refractivity contribution in [3.05, 3.63) is 29.3 Å². The predicted molar refractivity (Wildman–Crippen MR) is 69.8 cm³/mol. The highest BCUT2D eigenvalue weighted by molar-refractivity contribution is 6.30. The molecule has 3 nitrogen and oxygen atoms in total.